The van der Waals surface area contributed by atoms with Gasteiger partial charge in [0.25, 0.3) is 0 Å². The topological polar surface area (TPSA) is 38.3 Å². The average molecular weight is 976 g/mol. The third kappa shape index (κ3) is 11.0. The van der Waals surface area contributed by atoms with Crippen LogP contribution < -0.4 is 25.8 Å². The van der Waals surface area contributed by atoms with Gasteiger partial charge in [0.05, 0.1) is 16.1 Å². The highest BCUT2D eigenvalue weighted by atomic mass is 31.2. The Kier molecular flexibility index (Phi) is 18.1. The molecule has 0 amide bonds. The standard InChI is InChI=1S/C61H79NO2P2Si2/c1-7-13-41-67(42-14-8-2,43-15-9-3)49-37-33-47(34-38-49)66(48-35-39-50(40-36-48)68(44-16-10-4,45-17-11-5)46-18-12-6)62-65-61(55-29-23-27-53-51-25-19-21-31-57(51)63-59(53)55)56-30-24-28-54-52-26-20-22-32-58(52)64-60(54)56/h19-40,61-62,65H,7-18,41-46H2,1-6H3. The Morgan fingerprint density at radius 3 is 1.10 bits per heavy atom. The second kappa shape index (κ2) is 24.3. The Balaban J connectivity index is 1.26. The summed E-state index contributed by atoms with van der Waals surface area (Å²) in [4.78, 5) is 4.40. The summed E-state index contributed by atoms with van der Waals surface area (Å²) in [6, 6.07) is 59.7. The minimum absolute atomic E-state index is 0.0125. The lowest BCUT2D eigenvalue weighted by Gasteiger charge is -2.34. The summed E-state index contributed by atoms with van der Waals surface area (Å²) < 4.78 is 13.7. The van der Waals surface area contributed by atoms with Crippen LogP contribution in [-0.4, -0.2) is 16.1 Å². The van der Waals surface area contributed by atoms with Crippen molar-refractivity contribution in [2.45, 2.75) is 161 Å². The van der Waals surface area contributed by atoms with Crippen molar-refractivity contribution in [2.75, 3.05) is 0 Å². The zero-order chi connectivity index (χ0) is 47.4. The van der Waals surface area contributed by atoms with E-state index in [2.05, 4.69) is 180 Å². The first-order chi connectivity index (χ1) is 33.4. The van der Waals surface area contributed by atoms with Gasteiger partial charge in [-0.3, -0.25) is 4.86 Å². The van der Waals surface area contributed by atoms with Gasteiger partial charge < -0.3 is 8.83 Å². The van der Waals surface area contributed by atoms with E-state index in [0.717, 1.165) is 33.1 Å². The molecule has 1 N–H and O–H groups in total. The lowest BCUT2D eigenvalue weighted by Crippen LogP contribution is -2.48. The van der Waals surface area contributed by atoms with Crippen LogP contribution in [0.25, 0.3) is 43.9 Å². The maximum Gasteiger partial charge on any atom is 0.139 e. The minimum Gasteiger partial charge on any atom is -0.456 e. The molecule has 0 saturated carbocycles. The van der Waals surface area contributed by atoms with E-state index >= 15 is 0 Å². The van der Waals surface area contributed by atoms with Gasteiger partial charge in [0.1, 0.15) is 22.3 Å². The first-order valence-corrected chi connectivity index (χ1v) is 34.4. The van der Waals surface area contributed by atoms with Gasteiger partial charge in [-0.05, 0) is 31.5 Å². The molecule has 0 spiro atoms. The molecule has 1 unspecified atom stereocenters. The van der Waals surface area contributed by atoms with Crippen molar-refractivity contribution in [1.82, 2.24) is 4.86 Å². The van der Waals surface area contributed by atoms with Gasteiger partial charge >= 0.3 is 0 Å². The van der Waals surface area contributed by atoms with Crippen molar-refractivity contribution in [3.8, 4) is 0 Å². The summed E-state index contributed by atoms with van der Waals surface area (Å²) in [7, 11) is -3.90. The van der Waals surface area contributed by atoms with Gasteiger partial charge in [-0.2, -0.15) is 0 Å². The Bertz CT molecular complexity index is 2580. The number of rotatable bonds is 27. The van der Waals surface area contributed by atoms with E-state index in [0.29, 0.717) is 8.73 Å². The molecule has 358 valence electrons. The Labute approximate surface area is 414 Å². The second-order valence-corrected chi connectivity index (χ2v) is 32.7. The van der Waals surface area contributed by atoms with Crippen molar-refractivity contribution < 1.29 is 8.83 Å². The molecule has 0 aliphatic heterocycles. The molecule has 68 heavy (non-hydrogen) atoms. The van der Waals surface area contributed by atoms with Gasteiger partial charge in [0.15, 0.2) is 0 Å². The summed E-state index contributed by atoms with van der Waals surface area (Å²) in [6.07, 6.45) is 15.8. The predicted molar refractivity (Wildman–Crippen MR) is 309 cm³/mol. The van der Waals surface area contributed by atoms with Crippen LogP contribution in [0.15, 0.2) is 142 Å². The number of fused-ring (bicyclic) bond motifs is 6. The summed E-state index contributed by atoms with van der Waals surface area (Å²) in [5, 5.41) is 10.9. The molecule has 6 aromatic carbocycles. The molecule has 0 aliphatic rings. The molecule has 0 fully saturated rings. The zero-order valence-corrected chi connectivity index (χ0v) is 46.2. The maximum atomic E-state index is 6.85. The molecule has 0 bridgehead atoms. The maximum absolute atomic E-state index is 6.85. The Morgan fingerprint density at radius 2 is 0.750 bits per heavy atom. The molecule has 3 nitrogen and oxygen atoms in total. The number of nitrogens with one attached hydrogen (secondary N) is 1. The molecule has 0 saturated heterocycles. The predicted octanol–water partition coefficient (Wildman–Crippen LogP) is 17.9. The van der Waals surface area contributed by atoms with Gasteiger partial charge in [0.2, 0.25) is 0 Å². The molecule has 8 aromatic rings. The zero-order valence-electron chi connectivity index (χ0n) is 42.3. The third-order valence-electron chi connectivity index (χ3n) is 15.3. The molecule has 7 heteroatoms. The number of hydrogen-bond donors (Lipinski definition) is 1. The lowest BCUT2D eigenvalue weighted by molar-refractivity contribution is 0.658. The van der Waals surface area contributed by atoms with Crippen molar-refractivity contribution in [3.63, 3.8) is 0 Å². The average Bonchev–Trinajstić information content (AvgIpc) is 3.97. The van der Waals surface area contributed by atoms with E-state index in [-0.39, 0.29) is 5.66 Å². The summed E-state index contributed by atoms with van der Waals surface area (Å²) in [5.41, 5.74) is 6.20. The quantitative estimate of drug-likeness (QED) is 0.0412. The number of para-hydroxylation sites is 4. The van der Waals surface area contributed by atoms with E-state index in [1.54, 1.807) is 10.4 Å². The van der Waals surface area contributed by atoms with E-state index in [9.17, 15) is 0 Å². The third-order valence-corrected chi connectivity index (χ3v) is 30.3. The number of hydrogen-bond acceptors (Lipinski definition) is 3. The lowest BCUT2D eigenvalue weighted by atomic mass is 9.99. The molecule has 8 rings (SSSR count). The van der Waals surface area contributed by atoms with E-state index < -0.39 is 24.2 Å². The van der Waals surface area contributed by atoms with Crippen molar-refractivity contribution >= 4 is 97.8 Å². The highest BCUT2D eigenvalue weighted by Gasteiger charge is 2.35. The van der Waals surface area contributed by atoms with Crippen molar-refractivity contribution in [1.29, 1.82) is 0 Å². The molecular weight excluding hydrogens is 897 g/mol. The van der Waals surface area contributed by atoms with Gasteiger partial charge in [-0.25, -0.2) is 0 Å². The fourth-order valence-electron chi connectivity index (χ4n) is 11.4. The molecule has 0 aliphatic carbocycles. The first kappa shape index (κ1) is 50.6. The van der Waals surface area contributed by atoms with Crippen LogP contribution in [0.1, 0.15) is 135 Å². The molecule has 0 radical (unpaired) electrons. The van der Waals surface area contributed by atoms with Gasteiger partial charge in [-0.1, -0.05) is 287 Å². The van der Waals surface area contributed by atoms with Gasteiger partial charge in [0, 0.05) is 46.4 Å². The van der Waals surface area contributed by atoms with Crippen LogP contribution >= 0.6 is 16.8 Å². The van der Waals surface area contributed by atoms with Crippen LogP contribution in [0.4, 0.5) is 0 Å². The highest BCUT2D eigenvalue weighted by Crippen LogP contribution is 2.50. The largest absolute Gasteiger partial charge is 0.456 e. The molecular formula is C61H79NO2P2Si2. The fraction of sp³-hybridized carbons (Fsp3) is 0.410. The van der Waals surface area contributed by atoms with Crippen molar-refractivity contribution in [3.05, 3.63) is 145 Å². The van der Waals surface area contributed by atoms with Crippen molar-refractivity contribution in [2.24, 2.45) is 0 Å². The number of unbranched alkanes of at least 4 members (excludes halogenated alkanes) is 6. The molecule has 2 heterocycles. The van der Waals surface area contributed by atoms with Crippen LogP contribution in [0.5, 0.6) is 0 Å². The summed E-state index contributed by atoms with van der Waals surface area (Å²) in [5.74, 6) is 0. The SMILES string of the molecule is CCCC[Si](CCCC)(CCCC)c1ccc(P(NPC(c2cccc3c2oc2ccccc23)c2cccc3c2oc2ccccc23)c2ccc([Si](CCCC)(CCCC)CCCC)cc2)cc1. The fourth-order valence-corrected chi connectivity index (χ4v) is 26.5. The monoisotopic (exact) mass is 976 g/mol. The summed E-state index contributed by atoms with van der Waals surface area (Å²) >= 11 is 0. The summed E-state index contributed by atoms with van der Waals surface area (Å²) in [6.45, 7) is 14.3. The van der Waals surface area contributed by atoms with E-state index in [4.69, 9.17) is 8.83 Å². The van der Waals surface area contributed by atoms with E-state index in [1.807, 2.05) is 0 Å². The normalized spacial score (nSPS) is 12.7. The minimum atomic E-state index is -1.67. The van der Waals surface area contributed by atoms with Gasteiger partial charge in [-0.15, -0.1) is 0 Å². The smallest absolute Gasteiger partial charge is 0.139 e. The van der Waals surface area contributed by atoms with Crippen LogP contribution in [-0.2, 0) is 0 Å². The Morgan fingerprint density at radius 1 is 0.412 bits per heavy atom. The second-order valence-electron chi connectivity index (χ2n) is 19.9. The Hall–Kier alpha value is -3.83. The molecule has 2 aromatic heterocycles. The van der Waals surface area contributed by atoms with Crippen LogP contribution in [0.2, 0.25) is 36.3 Å². The molecule has 1 atom stereocenters. The van der Waals surface area contributed by atoms with E-state index in [1.165, 1.54) is 146 Å². The first-order valence-electron chi connectivity index (χ1n) is 26.8. The number of benzene rings is 6. The highest BCUT2D eigenvalue weighted by molar-refractivity contribution is 7.76. The van der Waals surface area contributed by atoms with Crippen LogP contribution in [0, 0.1) is 0 Å². The number of furan rings is 2. The van der Waals surface area contributed by atoms with Crippen LogP contribution in [0.3, 0.4) is 0 Å².